The Morgan fingerprint density at radius 3 is 2.59 bits per heavy atom. The van der Waals surface area contributed by atoms with Crippen LogP contribution in [0.25, 0.3) is 0 Å². The van der Waals surface area contributed by atoms with Crippen molar-refractivity contribution in [2.75, 3.05) is 27.2 Å². The molecule has 2 rings (SSSR count). The number of likely N-dealkylation sites (tertiary alicyclic amines) is 1. The van der Waals surface area contributed by atoms with Gasteiger partial charge in [-0.1, -0.05) is 0 Å². The van der Waals surface area contributed by atoms with E-state index in [0.717, 1.165) is 38.8 Å². The summed E-state index contributed by atoms with van der Waals surface area (Å²) in [6, 6.07) is -0.300. The third-order valence-corrected chi connectivity index (χ3v) is 3.62. The Morgan fingerprint density at radius 1 is 1.24 bits per heavy atom. The predicted octanol–water partition coefficient (Wildman–Crippen LogP) is -0.182. The van der Waals surface area contributed by atoms with E-state index in [9.17, 15) is 9.59 Å². The molecule has 0 radical (unpaired) electrons. The lowest BCUT2D eigenvalue weighted by atomic mass is 10.1. The van der Waals surface area contributed by atoms with E-state index in [-0.39, 0.29) is 23.9 Å². The molecule has 5 nitrogen and oxygen atoms in total. The first-order valence-electron chi connectivity index (χ1n) is 6.36. The van der Waals surface area contributed by atoms with E-state index in [4.69, 9.17) is 0 Å². The molecule has 2 amide bonds. The van der Waals surface area contributed by atoms with Gasteiger partial charge in [0.05, 0.1) is 6.04 Å². The third kappa shape index (κ3) is 2.44. The highest BCUT2D eigenvalue weighted by Crippen LogP contribution is 2.21. The molecule has 2 saturated heterocycles. The van der Waals surface area contributed by atoms with Crippen molar-refractivity contribution in [3.8, 4) is 0 Å². The maximum atomic E-state index is 12.3. The molecule has 0 aliphatic carbocycles. The van der Waals surface area contributed by atoms with Gasteiger partial charge >= 0.3 is 0 Å². The SMILES string of the molecule is CN(C)C(=O)C1CCCN1C(=O)C1CCCN1. The Bertz CT molecular complexity index is 311. The molecule has 0 aromatic carbocycles. The number of hydrogen-bond acceptors (Lipinski definition) is 3. The number of carbonyl (C=O) groups excluding carboxylic acids is 2. The molecule has 1 N–H and O–H groups in total. The highest BCUT2D eigenvalue weighted by Gasteiger charge is 2.38. The van der Waals surface area contributed by atoms with Gasteiger partial charge in [-0.3, -0.25) is 9.59 Å². The Hall–Kier alpha value is -1.10. The molecule has 0 aromatic heterocycles. The number of nitrogens with one attached hydrogen (secondary N) is 1. The monoisotopic (exact) mass is 239 g/mol. The first-order valence-corrected chi connectivity index (χ1v) is 6.36. The van der Waals surface area contributed by atoms with E-state index in [0.29, 0.717) is 0 Å². The summed E-state index contributed by atoms with van der Waals surface area (Å²) in [5.74, 6) is 0.161. The summed E-state index contributed by atoms with van der Waals surface area (Å²) in [4.78, 5) is 27.6. The van der Waals surface area contributed by atoms with Crippen LogP contribution in [0.2, 0.25) is 0 Å². The van der Waals surface area contributed by atoms with Crippen LogP contribution in [0, 0.1) is 0 Å². The standard InChI is InChI=1S/C12H21N3O2/c1-14(2)12(17)10-6-4-8-15(10)11(16)9-5-3-7-13-9/h9-10,13H,3-8H2,1-2H3. The van der Waals surface area contributed by atoms with E-state index in [1.807, 2.05) is 0 Å². The van der Waals surface area contributed by atoms with Crippen molar-refractivity contribution in [2.45, 2.75) is 37.8 Å². The minimum absolute atomic E-state index is 0.0499. The van der Waals surface area contributed by atoms with Gasteiger partial charge in [0.1, 0.15) is 6.04 Å². The summed E-state index contributed by atoms with van der Waals surface area (Å²) in [6.07, 6.45) is 3.69. The molecular weight excluding hydrogens is 218 g/mol. The van der Waals surface area contributed by atoms with Crippen LogP contribution in [0.3, 0.4) is 0 Å². The van der Waals surface area contributed by atoms with Crippen LogP contribution < -0.4 is 5.32 Å². The van der Waals surface area contributed by atoms with Crippen molar-refractivity contribution in [3.05, 3.63) is 0 Å². The maximum Gasteiger partial charge on any atom is 0.244 e. The number of carbonyl (C=O) groups is 2. The molecule has 5 heteroatoms. The van der Waals surface area contributed by atoms with Crippen LogP contribution in [0.1, 0.15) is 25.7 Å². The van der Waals surface area contributed by atoms with Gasteiger partial charge in [-0.05, 0) is 32.2 Å². The molecule has 0 saturated carbocycles. The highest BCUT2D eigenvalue weighted by atomic mass is 16.2. The van der Waals surface area contributed by atoms with Crippen LogP contribution in [-0.4, -0.2) is 60.9 Å². The summed E-state index contributed by atoms with van der Waals surface area (Å²) in [5.41, 5.74) is 0. The second kappa shape index (κ2) is 5.04. The highest BCUT2D eigenvalue weighted by molar-refractivity contribution is 5.90. The van der Waals surface area contributed by atoms with Crippen LogP contribution in [-0.2, 0) is 9.59 Å². The molecule has 2 aliphatic heterocycles. The van der Waals surface area contributed by atoms with Crippen LogP contribution in [0.4, 0.5) is 0 Å². The zero-order valence-electron chi connectivity index (χ0n) is 10.6. The summed E-state index contributed by atoms with van der Waals surface area (Å²) < 4.78 is 0. The van der Waals surface area contributed by atoms with E-state index < -0.39 is 0 Å². The number of rotatable bonds is 2. The lowest BCUT2D eigenvalue weighted by Crippen LogP contribution is -2.50. The van der Waals surface area contributed by atoms with E-state index >= 15 is 0 Å². The second-order valence-corrected chi connectivity index (χ2v) is 5.07. The topological polar surface area (TPSA) is 52.7 Å². The Balaban J connectivity index is 2.03. The molecule has 0 bridgehead atoms. The van der Waals surface area contributed by atoms with Crippen LogP contribution >= 0.6 is 0 Å². The average Bonchev–Trinajstić information content (AvgIpc) is 2.97. The Kier molecular flexibility index (Phi) is 3.66. The zero-order chi connectivity index (χ0) is 12.4. The van der Waals surface area contributed by atoms with Gasteiger partial charge in [0.25, 0.3) is 0 Å². The molecule has 2 aliphatic rings. The summed E-state index contributed by atoms with van der Waals surface area (Å²) in [7, 11) is 3.49. The molecule has 2 heterocycles. The molecule has 0 aromatic rings. The Morgan fingerprint density at radius 2 is 2.00 bits per heavy atom. The van der Waals surface area contributed by atoms with Crippen molar-refractivity contribution in [1.29, 1.82) is 0 Å². The fourth-order valence-electron chi connectivity index (χ4n) is 2.68. The van der Waals surface area contributed by atoms with Crippen LogP contribution in [0.5, 0.6) is 0 Å². The van der Waals surface area contributed by atoms with Gasteiger partial charge in [-0.15, -0.1) is 0 Å². The molecule has 2 fully saturated rings. The fourth-order valence-corrected chi connectivity index (χ4v) is 2.68. The van der Waals surface area contributed by atoms with Crippen molar-refractivity contribution >= 4 is 11.8 Å². The Labute approximate surface area is 102 Å². The second-order valence-electron chi connectivity index (χ2n) is 5.07. The fraction of sp³-hybridized carbons (Fsp3) is 0.833. The van der Waals surface area contributed by atoms with E-state index in [1.54, 1.807) is 23.9 Å². The number of hydrogen-bond donors (Lipinski definition) is 1. The summed E-state index contributed by atoms with van der Waals surface area (Å²) in [6.45, 7) is 1.64. The molecule has 2 atom stereocenters. The average molecular weight is 239 g/mol. The predicted molar refractivity (Wildman–Crippen MR) is 64.5 cm³/mol. The van der Waals surface area contributed by atoms with Crippen molar-refractivity contribution in [1.82, 2.24) is 15.1 Å². The normalized spacial score (nSPS) is 28.5. The molecule has 2 unspecified atom stereocenters. The number of nitrogens with zero attached hydrogens (tertiary/aromatic N) is 2. The number of amides is 2. The molecule has 17 heavy (non-hydrogen) atoms. The lowest BCUT2D eigenvalue weighted by molar-refractivity contribution is -0.143. The lowest BCUT2D eigenvalue weighted by Gasteiger charge is -2.28. The van der Waals surface area contributed by atoms with Crippen molar-refractivity contribution in [3.63, 3.8) is 0 Å². The van der Waals surface area contributed by atoms with Crippen molar-refractivity contribution < 1.29 is 9.59 Å². The minimum Gasteiger partial charge on any atom is -0.347 e. The maximum absolute atomic E-state index is 12.3. The van der Waals surface area contributed by atoms with Gasteiger partial charge < -0.3 is 15.1 Å². The first kappa shape index (κ1) is 12.4. The third-order valence-electron chi connectivity index (χ3n) is 3.62. The van der Waals surface area contributed by atoms with Gasteiger partial charge in [-0.25, -0.2) is 0 Å². The van der Waals surface area contributed by atoms with Crippen LogP contribution in [0.15, 0.2) is 0 Å². The smallest absolute Gasteiger partial charge is 0.244 e. The molecule has 96 valence electrons. The van der Waals surface area contributed by atoms with Gasteiger partial charge in [0.2, 0.25) is 11.8 Å². The first-order chi connectivity index (χ1) is 8.11. The molecule has 0 spiro atoms. The summed E-state index contributed by atoms with van der Waals surface area (Å²) in [5, 5.41) is 3.21. The van der Waals surface area contributed by atoms with Gasteiger partial charge in [-0.2, -0.15) is 0 Å². The summed E-state index contributed by atoms with van der Waals surface area (Å²) >= 11 is 0. The van der Waals surface area contributed by atoms with Gasteiger partial charge in [0.15, 0.2) is 0 Å². The minimum atomic E-state index is -0.236. The largest absolute Gasteiger partial charge is 0.347 e. The van der Waals surface area contributed by atoms with E-state index in [2.05, 4.69) is 5.32 Å². The zero-order valence-corrected chi connectivity index (χ0v) is 10.6. The number of likely N-dealkylation sites (N-methyl/N-ethyl adjacent to an activating group) is 1. The van der Waals surface area contributed by atoms with E-state index in [1.165, 1.54) is 0 Å². The van der Waals surface area contributed by atoms with Crippen molar-refractivity contribution in [2.24, 2.45) is 0 Å². The quantitative estimate of drug-likeness (QED) is 0.727. The van der Waals surface area contributed by atoms with Gasteiger partial charge in [0, 0.05) is 20.6 Å². The molecular formula is C12H21N3O2.